The zero-order valence-corrected chi connectivity index (χ0v) is 16.9. The molecule has 0 saturated carbocycles. The molecule has 7 nitrogen and oxygen atoms in total. The molecule has 152 valence electrons. The molecule has 0 bridgehead atoms. The maximum atomic E-state index is 12.2. The van der Waals surface area contributed by atoms with E-state index < -0.39 is 5.69 Å². The van der Waals surface area contributed by atoms with Crippen molar-refractivity contribution in [2.45, 2.75) is 13.8 Å². The summed E-state index contributed by atoms with van der Waals surface area (Å²) in [4.78, 5) is 25.4. The van der Waals surface area contributed by atoms with Gasteiger partial charge >= 0.3 is 5.69 Å². The van der Waals surface area contributed by atoms with Gasteiger partial charge in [-0.15, -0.1) is 0 Å². The summed E-state index contributed by atoms with van der Waals surface area (Å²) < 4.78 is 0. The Morgan fingerprint density at radius 2 is 2.00 bits per heavy atom. The molecular formula is C23H23N5O2. The van der Waals surface area contributed by atoms with Crippen molar-refractivity contribution in [3.8, 4) is 28.3 Å². The number of aromatic amines is 1. The van der Waals surface area contributed by atoms with Crippen LogP contribution < -0.4 is 11.0 Å². The molecule has 3 aromatic rings. The minimum Gasteiger partial charge on any atom is -0.508 e. The number of nitrogens with one attached hydrogen (secondary N) is 2. The van der Waals surface area contributed by atoms with Crippen LogP contribution in [0.1, 0.15) is 11.1 Å². The number of anilines is 1. The Labute approximate surface area is 174 Å². The van der Waals surface area contributed by atoms with E-state index in [2.05, 4.69) is 31.2 Å². The van der Waals surface area contributed by atoms with Gasteiger partial charge in [-0.2, -0.15) is 4.98 Å². The minimum atomic E-state index is -0.410. The molecule has 30 heavy (non-hydrogen) atoms. The topological polar surface area (TPSA) is 93.6 Å². The summed E-state index contributed by atoms with van der Waals surface area (Å²) >= 11 is 0. The van der Waals surface area contributed by atoms with Crippen molar-refractivity contribution in [3.63, 3.8) is 0 Å². The van der Waals surface area contributed by atoms with Crippen molar-refractivity contribution in [2.24, 2.45) is 4.99 Å². The Morgan fingerprint density at radius 1 is 1.13 bits per heavy atom. The summed E-state index contributed by atoms with van der Waals surface area (Å²) in [5, 5.41) is 13.1. The summed E-state index contributed by atoms with van der Waals surface area (Å²) in [7, 11) is 0. The van der Waals surface area contributed by atoms with Crippen LogP contribution in [0.3, 0.4) is 0 Å². The van der Waals surface area contributed by atoms with Crippen LogP contribution in [-0.2, 0) is 0 Å². The molecule has 3 N–H and O–H groups in total. The first-order valence-corrected chi connectivity index (χ1v) is 9.66. The van der Waals surface area contributed by atoms with E-state index in [-0.39, 0.29) is 5.75 Å². The van der Waals surface area contributed by atoms with Gasteiger partial charge in [-0.25, -0.2) is 4.79 Å². The summed E-state index contributed by atoms with van der Waals surface area (Å²) in [5.41, 5.74) is 5.32. The molecule has 0 radical (unpaired) electrons. The van der Waals surface area contributed by atoms with E-state index >= 15 is 0 Å². The number of allylic oxidation sites excluding steroid dienone is 1. The number of phenols is 1. The number of hydrogen-bond donors (Lipinski definition) is 3. The Morgan fingerprint density at radius 3 is 2.73 bits per heavy atom. The number of benzene rings is 2. The van der Waals surface area contributed by atoms with Crippen LogP contribution in [0.15, 0.2) is 64.5 Å². The second kappa shape index (κ2) is 8.24. The van der Waals surface area contributed by atoms with E-state index in [0.717, 1.165) is 27.9 Å². The normalized spacial score (nSPS) is 12.9. The first-order valence-electron chi connectivity index (χ1n) is 9.66. The number of phenolic OH excluding ortho intramolecular Hbond substituents is 1. The molecule has 0 fully saturated rings. The number of aromatic hydroxyl groups is 1. The predicted octanol–water partition coefficient (Wildman–Crippen LogP) is 3.65. The van der Waals surface area contributed by atoms with Gasteiger partial charge in [-0.3, -0.25) is 4.99 Å². The van der Waals surface area contributed by atoms with Crippen LogP contribution in [0, 0.1) is 13.8 Å². The van der Waals surface area contributed by atoms with E-state index in [4.69, 9.17) is 0 Å². The van der Waals surface area contributed by atoms with Crippen LogP contribution in [0.25, 0.3) is 22.5 Å². The molecule has 0 unspecified atom stereocenters. The van der Waals surface area contributed by atoms with E-state index in [1.54, 1.807) is 18.3 Å². The molecule has 0 atom stereocenters. The number of aromatic nitrogens is 2. The summed E-state index contributed by atoms with van der Waals surface area (Å²) in [6.45, 7) is 5.12. The Kier molecular flexibility index (Phi) is 5.34. The highest BCUT2D eigenvalue weighted by molar-refractivity contribution is 5.72. The third kappa shape index (κ3) is 4.25. The van der Waals surface area contributed by atoms with Crippen LogP contribution in [0.2, 0.25) is 0 Å². The van der Waals surface area contributed by atoms with Crippen LogP contribution in [0.5, 0.6) is 5.75 Å². The highest BCUT2D eigenvalue weighted by atomic mass is 16.3. The number of H-pyrrole nitrogens is 1. The van der Waals surface area contributed by atoms with E-state index in [1.165, 1.54) is 0 Å². The van der Waals surface area contributed by atoms with Crippen molar-refractivity contribution in [1.82, 2.24) is 14.9 Å². The first kappa shape index (κ1) is 19.4. The second-order valence-corrected chi connectivity index (χ2v) is 7.25. The molecule has 0 saturated heterocycles. The lowest BCUT2D eigenvalue weighted by molar-refractivity contribution is 0.413. The van der Waals surface area contributed by atoms with Gasteiger partial charge in [0.25, 0.3) is 0 Å². The molecule has 0 spiro atoms. The van der Waals surface area contributed by atoms with Gasteiger partial charge in [-0.1, -0.05) is 6.07 Å². The maximum Gasteiger partial charge on any atom is 0.345 e. The van der Waals surface area contributed by atoms with E-state index in [1.807, 2.05) is 50.4 Å². The zero-order valence-electron chi connectivity index (χ0n) is 16.9. The SMILES string of the molecule is Cc1cc(-c2cc(-c3ccc(NCN4C=CC=NC4)cc3C)[nH]c(=O)n2)ccc1O. The van der Waals surface area contributed by atoms with Crippen molar-refractivity contribution in [1.29, 1.82) is 0 Å². The highest BCUT2D eigenvalue weighted by Crippen LogP contribution is 2.28. The summed E-state index contributed by atoms with van der Waals surface area (Å²) in [5.74, 6) is 0.217. The minimum absolute atomic E-state index is 0.217. The average Bonchev–Trinajstić information content (AvgIpc) is 2.74. The fraction of sp³-hybridized carbons (Fsp3) is 0.174. The summed E-state index contributed by atoms with van der Waals surface area (Å²) in [6, 6.07) is 13.1. The molecule has 2 heterocycles. The standard InChI is InChI=1S/C23H23N5O2/c1-15-11-18(25-14-28-9-3-8-24-13-28)5-6-19(15)21-12-20(26-23(30)27-21)17-4-7-22(29)16(2)10-17/h3-12,25,29H,13-14H2,1-2H3,(H,26,27,30). The number of nitrogens with zero attached hydrogens (tertiary/aromatic N) is 3. The molecule has 1 aliphatic heterocycles. The molecule has 1 aromatic heterocycles. The monoisotopic (exact) mass is 401 g/mol. The van der Waals surface area contributed by atoms with Gasteiger partial charge in [0, 0.05) is 29.2 Å². The second-order valence-electron chi connectivity index (χ2n) is 7.25. The highest BCUT2D eigenvalue weighted by Gasteiger charge is 2.10. The largest absolute Gasteiger partial charge is 0.508 e. The number of hydrogen-bond acceptors (Lipinski definition) is 6. The lowest BCUT2D eigenvalue weighted by Crippen LogP contribution is -2.26. The molecular weight excluding hydrogens is 378 g/mol. The fourth-order valence-electron chi connectivity index (χ4n) is 3.36. The summed E-state index contributed by atoms with van der Waals surface area (Å²) in [6.07, 6.45) is 5.70. The lowest BCUT2D eigenvalue weighted by Gasteiger charge is -2.21. The molecule has 0 amide bonds. The van der Waals surface area contributed by atoms with Crippen molar-refractivity contribution >= 4 is 11.9 Å². The van der Waals surface area contributed by atoms with Crippen LogP contribution in [-0.4, -0.2) is 39.5 Å². The first-order chi connectivity index (χ1) is 14.5. The number of aliphatic imine (C=N–C) groups is 1. The predicted molar refractivity (Wildman–Crippen MR) is 120 cm³/mol. The molecule has 4 rings (SSSR count). The lowest BCUT2D eigenvalue weighted by atomic mass is 10.0. The van der Waals surface area contributed by atoms with Crippen molar-refractivity contribution in [3.05, 3.63) is 76.4 Å². The van der Waals surface area contributed by atoms with Gasteiger partial charge in [0.2, 0.25) is 0 Å². The third-order valence-electron chi connectivity index (χ3n) is 4.99. The Balaban J connectivity index is 1.59. The van der Waals surface area contributed by atoms with Gasteiger partial charge in [-0.05, 0) is 67.4 Å². The van der Waals surface area contributed by atoms with E-state index in [9.17, 15) is 9.90 Å². The van der Waals surface area contributed by atoms with Crippen molar-refractivity contribution in [2.75, 3.05) is 18.7 Å². The van der Waals surface area contributed by atoms with Crippen LogP contribution >= 0.6 is 0 Å². The number of aryl methyl sites for hydroxylation is 2. The third-order valence-corrected chi connectivity index (χ3v) is 4.99. The van der Waals surface area contributed by atoms with Gasteiger partial charge < -0.3 is 20.3 Å². The molecule has 1 aliphatic rings. The van der Waals surface area contributed by atoms with Crippen LogP contribution in [0.4, 0.5) is 5.69 Å². The molecule has 7 heteroatoms. The fourth-order valence-corrected chi connectivity index (χ4v) is 3.36. The van der Waals surface area contributed by atoms with Crippen molar-refractivity contribution < 1.29 is 5.11 Å². The van der Waals surface area contributed by atoms with E-state index in [0.29, 0.717) is 24.7 Å². The Hall–Kier alpha value is -3.87. The quantitative estimate of drug-likeness (QED) is 0.607. The Bertz CT molecular complexity index is 1200. The molecule has 0 aliphatic carbocycles. The maximum absolute atomic E-state index is 12.2. The number of rotatable bonds is 5. The van der Waals surface area contributed by atoms with Gasteiger partial charge in [0.05, 0.1) is 18.1 Å². The molecule has 2 aromatic carbocycles. The smallest absolute Gasteiger partial charge is 0.345 e. The van der Waals surface area contributed by atoms with Gasteiger partial charge in [0.1, 0.15) is 12.4 Å². The zero-order chi connectivity index (χ0) is 21.1. The average molecular weight is 401 g/mol. The van der Waals surface area contributed by atoms with Gasteiger partial charge in [0.15, 0.2) is 0 Å².